The second kappa shape index (κ2) is 12.3. The highest BCUT2D eigenvalue weighted by Crippen LogP contribution is 2.37. The van der Waals surface area contributed by atoms with Crippen LogP contribution in [0.3, 0.4) is 0 Å². The molecule has 0 spiro atoms. The molecular formula is C45H31NO. The summed E-state index contributed by atoms with van der Waals surface area (Å²) in [6, 6.07) is 64.5. The number of rotatable bonds is 7. The van der Waals surface area contributed by atoms with E-state index in [0.717, 1.165) is 50.1 Å². The van der Waals surface area contributed by atoms with Crippen molar-refractivity contribution in [3.05, 3.63) is 221 Å². The van der Waals surface area contributed by atoms with E-state index in [-0.39, 0.29) is 5.78 Å². The van der Waals surface area contributed by atoms with Gasteiger partial charge in [-0.1, -0.05) is 152 Å². The summed E-state index contributed by atoms with van der Waals surface area (Å²) >= 11 is 0. The molecule has 1 aromatic heterocycles. The molecule has 0 amide bonds. The molecule has 0 aliphatic heterocycles. The molecule has 0 radical (unpaired) electrons. The minimum atomic E-state index is 0.00176. The molecule has 2 nitrogen and oxygen atoms in total. The summed E-state index contributed by atoms with van der Waals surface area (Å²) < 4.78 is 2.27. The molecule has 0 bridgehead atoms. The maximum atomic E-state index is 13.8. The van der Waals surface area contributed by atoms with Gasteiger partial charge in [0.2, 0.25) is 0 Å². The van der Waals surface area contributed by atoms with Gasteiger partial charge in [0.15, 0.2) is 5.78 Å². The third-order valence-corrected chi connectivity index (χ3v) is 8.84. The fraction of sp³-hybridized carbons (Fsp3) is 0. The van der Waals surface area contributed by atoms with Crippen molar-refractivity contribution in [2.75, 3.05) is 0 Å². The lowest BCUT2D eigenvalue weighted by molar-refractivity contribution is 0.103. The van der Waals surface area contributed by atoms with Gasteiger partial charge in [0.05, 0.1) is 11.0 Å². The van der Waals surface area contributed by atoms with E-state index >= 15 is 0 Å². The highest BCUT2D eigenvalue weighted by atomic mass is 16.1. The fourth-order valence-corrected chi connectivity index (χ4v) is 6.64. The van der Waals surface area contributed by atoms with Crippen molar-refractivity contribution in [1.29, 1.82) is 0 Å². The Hall–Kier alpha value is -6.25. The van der Waals surface area contributed by atoms with E-state index in [4.69, 9.17) is 0 Å². The minimum absolute atomic E-state index is 0.00176. The lowest BCUT2D eigenvalue weighted by atomic mass is 9.85. The number of carbonyl (C=O) groups excluding carboxylic acids is 1. The van der Waals surface area contributed by atoms with Crippen LogP contribution >= 0.6 is 0 Å². The summed E-state index contributed by atoms with van der Waals surface area (Å²) in [7, 11) is 0. The van der Waals surface area contributed by atoms with Gasteiger partial charge in [-0.2, -0.15) is 0 Å². The quantitative estimate of drug-likeness (QED) is 0.132. The predicted molar refractivity (Wildman–Crippen MR) is 195 cm³/mol. The number of ketones is 1. The summed E-state index contributed by atoms with van der Waals surface area (Å²) in [5, 5.41) is 2.44. The first-order valence-corrected chi connectivity index (χ1v) is 15.9. The van der Waals surface area contributed by atoms with Gasteiger partial charge in [0.25, 0.3) is 0 Å². The van der Waals surface area contributed by atoms with Crippen LogP contribution in [0.15, 0.2) is 188 Å². The number of nitrogens with zero attached hydrogens (tertiary/aromatic N) is 1. The van der Waals surface area contributed by atoms with Crippen LogP contribution in [-0.4, -0.2) is 10.4 Å². The topological polar surface area (TPSA) is 22.0 Å². The zero-order chi connectivity index (χ0) is 31.6. The Morgan fingerprint density at radius 2 is 0.638 bits per heavy atom. The van der Waals surface area contributed by atoms with Crippen LogP contribution in [0.25, 0.3) is 38.6 Å². The van der Waals surface area contributed by atoms with Crippen LogP contribution in [0, 0.1) is 0 Å². The summed E-state index contributed by atoms with van der Waals surface area (Å²) in [4.78, 5) is 13.8. The van der Waals surface area contributed by atoms with E-state index in [1.165, 1.54) is 10.8 Å². The molecule has 1 heterocycles. The summed E-state index contributed by atoms with van der Waals surface area (Å²) in [6.45, 7) is 0. The molecule has 0 atom stereocenters. The van der Waals surface area contributed by atoms with Crippen LogP contribution in [-0.2, 0) is 0 Å². The fourth-order valence-electron chi connectivity index (χ4n) is 6.64. The molecule has 8 rings (SSSR count). The largest absolute Gasteiger partial charge is 0.309 e. The lowest BCUT2D eigenvalue weighted by Gasteiger charge is -2.18. The second-order valence-electron chi connectivity index (χ2n) is 11.7. The van der Waals surface area contributed by atoms with Crippen molar-refractivity contribution in [2.24, 2.45) is 0 Å². The van der Waals surface area contributed by atoms with Crippen LogP contribution in [0.4, 0.5) is 0 Å². The average molecular weight is 602 g/mol. The second-order valence-corrected chi connectivity index (χ2v) is 11.7. The Bertz CT molecular complexity index is 2270. The standard InChI is InChI=1S/C45H31NO/c47-45(37-28-30-38(31-29-37)46-41-22-12-10-20-39(41)40-21-11-13-23-42(40)46)36-26-24-35(25-27-36)44(34-18-8-3-9-19-34)43(32-14-4-1-5-15-32)33-16-6-2-7-17-33/h1-31H. The Labute approximate surface area is 274 Å². The Balaban J connectivity index is 1.17. The first-order valence-electron chi connectivity index (χ1n) is 15.9. The van der Waals surface area contributed by atoms with Gasteiger partial charge in [0, 0.05) is 27.6 Å². The Morgan fingerprint density at radius 1 is 0.319 bits per heavy atom. The van der Waals surface area contributed by atoms with Gasteiger partial charge < -0.3 is 4.57 Å². The summed E-state index contributed by atoms with van der Waals surface area (Å²) in [6.07, 6.45) is 0. The summed E-state index contributed by atoms with van der Waals surface area (Å²) in [5.41, 5.74) is 11.4. The highest BCUT2D eigenvalue weighted by Gasteiger charge is 2.18. The van der Waals surface area contributed by atoms with Crippen LogP contribution < -0.4 is 0 Å². The molecule has 0 aliphatic carbocycles. The third kappa shape index (κ3) is 5.26. The molecule has 0 saturated heterocycles. The van der Waals surface area contributed by atoms with Crippen molar-refractivity contribution < 1.29 is 4.79 Å². The molecule has 8 aromatic rings. The van der Waals surface area contributed by atoms with E-state index in [2.05, 4.69) is 138 Å². The first-order chi connectivity index (χ1) is 23.3. The van der Waals surface area contributed by atoms with Crippen molar-refractivity contribution in [3.8, 4) is 5.69 Å². The Kier molecular flexibility index (Phi) is 7.37. The van der Waals surface area contributed by atoms with Gasteiger partial charge >= 0.3 is 0 Å². The number of para-hydroxylation sites is 2. The van der Waals surface area contributed by atoms with E-state index in [1.807, 2.05) is 54.6 Å². The first kappa shape index (κ1) is 28.2. The van der Waals surface area contributed by atoms with Crippen molar-refractivity contribution in [1.82, 2.24) is 4.57 Å². The van der Waals surface area contributed by atoms with Crippen molar-refractivity contribution >= 4 is 38.7 Å². The molecular weight excluding hydrogens is 571 g/mol. The van der Waals surface area contributed by atoms with E-state index in [9.17, 15) is 4.79 Å². The van der Waals surface area contributed by atoms with Crippen LogP contribution in [0.1, 0.15) is 38.2 Å². The van der Waals surface area contributed by atoms with Gasteiger partial charge in [-0.3, -0.25) is 4.79 Å². The molecule has 0 saturated carbocycles. The normalized spacial score (nSPS) is 11.1. The number of hydrogen-bond donors (Lipinski definition) is 0. The number of hydrogen-bond acceptors (Lipinski definition) is 1. The summed E-state index contributed by atoms with van der Waals surface area (Å²) in [5.74, 6) is 0.00176. The highest BCUT2D eigenvalue weighted by molar-refractivity contribution is 6.11. The molecule has 0 N–H and O–H groups in total. The van der Waals surface area contributed by atoms with Crippen LogP contribution in [0.2, 0.25) is 0 Å². The third-order valence-electron chi connectivity index (χ3n) is 8.84. The monoisotopic (exact) mass is 601 g/mol. The number of fused-ring (bicyclic) bond motifs is 3. The smallest absolute Gasteiger partial charge is 0.193 e. The Morgan fingerprint density at radius 3 is 1.06 bits per heavy atom. The van der Waals surface area contributed by atoms with Gasteiger partial charge in [-0.15, -0.1) is 0 Å². The zero-order valence-corrected chi connectivity index (χ0v) is 25.8. The predicted octanol–water partition coefficient (Wildman–Crippen LogP) is 11.0. The average Bonchev–Trinajstić information content (AvgIpc) is 3.49. The van der Waals surface area contributed by atoms with Gasteiger partial charge in [-0.25, -0.2) is 0 Å². The number of carbonyl (C=O) groups is 1. The molecule has 0 aliphatic rings. The van der Waals surface area contributed by atoms with Crippen molar-refractivity contribution in [2.45, 2.75) is 0 Å². The van der Waals surface area contributed by atoms with Gasteiger partial charge in [0.1, 0.15) is 0 Å². The van der Waals surface area contributed by atoms with E-state index in [0.29, 0.717) is 11.1 Å². The van der Waals surface area contributed by atoms with E-state index in [1.54, 1.807) is 0 Å². The van der Waals surface area contributed by atoms with E-state index < -0.39 is 0 Å². The van der Waals surface area contributed by atoms with Gasteiger partial charge in [-0.05, 0) is 69.8 Å². The maximum absolute atomic E-state index is 13.8. The molecule has 222 valence electrons. The lowest BCUT2D eigenvalue weighted by Crippen LogP contribution is -2.03. The minimum Gasteiger partial charge on any atom is -0.309 e. The molecule has 47 heavy (non-hydrogen) atoms. The molecule has 0 unspecified atom stereocenters. The molecule has 0 fully saturated rings. The maximum Gasteiger partial charge on any atom is 0.193 e. The SMILES string of the molecule is O=C(c1ccc(C(=C(c2ccccc2)c2ccccc2)c2ccccc2)cc1)c1ccc(-n2c3ccccc3c3ccccc32)cc1. The molecule has 2 heteroatoms. The van der Waals surface area contributed by atoms with Crippen LogP contribution in [0.5, 0.6) is 0 Å². The molecule has 7 aromatic carbocycles. The zero-order valence-electron chi connectivity index (χ0n) is 25.8. The number of aromatic nitrogens is 1. The number of benzene rings is 7. The van der Waals surface area contributed by atoms with Crippen molar-refractivity contribution in [3.63, 3.8) is 0 Å².